The van der Waals surface area contributed by atoms with Gasteiger partial charge in [0.15, 0.2) is 0 Å². The maximum atomic E-state index is 4.22. The molecule has 1 nitrogen and oxygen atoms in total. The zero-order chi connectivity index (χ0) is 8.10. The van der Waals surface area contributed by atoms with E-state index in [2.05, 4.69) is 24.5 Å². The number of hydrogen-bond donors (Lipinski definition) is 1. The zero-order valence-electron chi connectivity index (χ0n) is 7.42. The molecule has 1 atom stereocenters. The monoisotopic (exact) mass is 173 g/mol. The molecule has 2 heteroatoms. The van der Waals surface area contributed by atoms with Crippen molar-refractivity contribution in [2.75, 3.05) is 25.4 Å². The molecule has 0 bridgehead atoms. The van der Waals surface area contributed by atoms with Gasteiger partial charge in [-0.15, -0.1) is 0 Å². The summed E-state index contributed by atoms with van der Waals surface area (Å²) in [5.74, 6) is 1.95. The number of hydrogen-bond acceptors (Lipinski definition) is 2. The molecule has 1 unspecified atom stereocenters. The van der Waals surface area contributed by atoms with Crippen LogP contribution in [0.2, 0.25) is 0 Å². The maximum Gasteiger partial charge on any atom is 0.000703 e. The summed E-state index contributed by atoms with van der Waals surface area (Å²) in [6, 6.07) is 0. The summed E-state index contributed by atoms with van der Waals surface area (Å²) in [5, 5.41) is 0. The second kappa shape index (κ2) is 5.04. The van der Waals surface area contributed by atoms with Gasteiger partial charge < -0.3 is 4.90 Å². The van der Waals surface area contributed by atoms with E-state index >= 15 is 0 Å². The van der Waals surface area contributed by atoms with Crippen molar-refractivity contribution in [1.82, 2.24) is 4.90 Å². The Labute approximate surface area is 75.6 Å². The van der Waals surface area contributed by atoms with Crippen molar-refractivity contribution in [2.24, 2.45) is 5.92 Å². The van der Waals surface area contributed by atoms with Crippen molar-refractivity contribution in [1.29, 1.82) is 0 Å². The van der Waals surface area contributed by atoms with Gasteiger partial charge in [0.05, 0.1) is 0 Å². The topological polar surface area (TPSA) is 3.24 Å². The van der Waals surface area contributed by atoms with E-state index in [4.69, 9.17) is 0 Å². The van der Waals surface area contributed by atoms with E-state index < -0.39 is 0 Å². The highest BCUT2D eigenvalue weighted by Gasteiger charge is 2.14. The van der Waals surface area contributed by atoms with Crippen LogP contribution in [0.25, 0.3) is 0 Å². The quantitative estimate of drug-likeness (QED) is 0.639. The van der Waals surface area contributed by atoms with Crippen LogP contribution >= 0.6 is 12.6 Å². The highest BCUT2D eigenvalue weighted by Crippen LogP contribution is 2.15. The minimum absolute atomic E-state index is 0.920. The normalized spacial score (nSPS) is 27.3. The van der Waals surface area contributed by atoms with Crippen LogP contribution < -0.4 is 0 Å². The average Bonchev–Trinajstić information content (AvgIpc) is 2.01. The van der Waals surface area contributed by atoms with Crippen molar-refractivity contribution in [3.63, 3.8) is 0 Å². The maximum absolute atomic E-state index is 4.22. The number of nitrogens with zero attached hydrogens (tertiary/aromatic N) is 1. The molecule has 1 aliphatic rings. The second-order valence-electron chi connectivity index (χ2n) is 3.63. The lowest BCUT2D eigenvalue weighted by molar-refractivity contribution is 0.185. The van der Waals surface area contributed by atoms with Crippen LogP contribution in [0, 0.1) is 5.92 Å². The fourth-order valence-corrected chi connectivity index (χ4v) is 1.93. The molecule has 1 fully saturated rings. The molecular formula is C9H19NS. The van der Waals surface area contributed by atoms with Crippen LogP contribution in [0.4, 0.5) is 0 Å². The molecule has 0 spiro atoms. The minimum atomic E-state index is 0.920. The van der Waals surface area contributed by atoms with Crippen LogP contribution in [0.1, 0.15) is 26.2 Å². The van der Waals surface area contributed by atoms with Crippen LogP contribution in [0.3, 0.4) is 0 Å². The fraction of sp³-hybridized carbons (Fsp3) is 1.00. The molecule has 0 aliphatic carbocycles. The smallest absolute Gasteiger partial charge is 0.000703 e. The van der Waals surface area contributed by atoms with E-state index in [0.29, 0.717) is 0 Å². The highest BCUT2D eigenvalue weighted by molar-refractivity contribution is 7.80. The first-order chi connectivity index (χ1) is 5.33. The summed E-state index contributed by atoms with van der Waals surface area (Å²) in [4.78, 5) is 2.57. The molecule has 0 amide bonds. The van der Waals surface area contributed by atoms with Crippen LogP contribution in [0.5, 0.6) is 0 Å². The first kappa shape index (κ1) is 9.40. The van der Waals surface area contributed by atoms with Crippen molar-refractivity contribution < 1.29 is 0 Å². The van der Waals surface area contributed by atoms with Gasteiger partial charge in [0.25, 0.3) is 0 Å². The Morgan fingerprint density at radius 1 is 1.55 bits per heavy atom. The highest BCUT2D eigenvalue weighted by atomic mass is 32.1. The summed E-state index contributed by atoms with van der Waals surface area (Å²) >= 11 is 4.22. The summed E-state index contributed by atoms with van der Waals surface area (Å²) in [6.07, 6.45) is 4.07. The van der Waals surface area contributed by atoms with E-state index in [9.17, 15) is 0 Å². The van der Waals surface area contributed by atoms with Crippen LogP contribution in [0.15, 0.2) is 0 Å². The lowest BCUT2D eigenvalue weighted by atomic mass is 10.0. The van der Waals surface area contributed by atoms with Gasteiger partial charge in [0.2, 0.25) is 0 Å². The summed E-state index contributed by atoms with van der Waals surface area (Å²) in [6.45, 7) is 6.24. The zero-order valence-corrected chi connectivity index (χ0v) is 8.32. The molecule has 0 aromatic carbocycles. The third-order valence-corrected chi connectivity index (χ3v) is 2.69. The van der Waals surface area contributed by atoms with Gasteiger partial charge in [-0.05, 0) is 44.0 Å². The molecule has 0 N–H and O–H groups in total. The molecular weight excluding hydrogens is 154 g/mol. The van der Waals surface area contributed by atoms with E-state index in [1.165, 1.54) is 38.9 Å². The Hall–Kier alpha value is 0.310. The second-order valence-corrected chi connectivity index (χ2v) is 4.07. The number of piperidine rings is 1. The van der Waals surface area contributed by atoms with Gasteiger partial charge in [0, 0.05) is 6.54 Å². The summed E-state index contributed by atoms with van der Waals surface area (Å²) < 4.78 is 0. The summed E-state index contributed by atoms with van der Waals surface area (Å²) in [7, 11) is 0. The van der Waals surface area contributed by atoms with Gasteiger partial charge in [-0.25, -0.2) is 0 Å². The van der Waals surface area contributed by atoms with Crippen molar-refractivity contribution in [2.45, 2.75) is 26.2 Å². The number of thiol groups is 1. The van der Waals surface area contributed by atoms with Crippen molar-refractivity contribution in [3.05, 3.63) is 0 Å². The third kappa shape index (κ3) is 3.48. The Morgan fingerprint density at radius 2 is 2.36 bits per heavy atom. The molecule has 11 heavy (non-hydrogen) atoms. The Bertz CT molecular complexity index is 106. The van der Waals surface area contributed by atoms with E-state index in [0.717, 1.165) is 11.7 Å². The lowest BCUT2D eigenvalue weighted by Crippen LogP contribution is -2.35. The molecule has 0 aromatic rings. The molecule has 1 saturated heterocycles. The van der Waals surface area contributed by atoms with Crippen molar-refractivity contribution in [3.8, 4) is 0 Å². The summed E-state index contributed by atoms with van der Waals surface area (Å²) in [5.41, 5.74) is 0. The largest absolute Gasteiger partial charge is 0.303 e. The van der Waals surface area contributed by atoms with Gasteiger partial charge in [0.1, 0.15) is 0 Å². The third-order valence-electron chi connectivity index (χ3n) is 2.37. The predicted molar refractivity (Wildman–Crippen MR) is 53.3 cm³/mol. The first-order valence-corrected chi connectivity index (χ1v) is 5.29. The molecule has 1 heterocycles. The minimum Gasteiger partial charge on any atom is -0.303 e. The fourth-order valence-electron chi connectivity index (χ4n) is 1.78. The van der Waals surface area contributed by atoms with E-state index in [1.807, 2.05) is 0 Å². The Balaban J connectivity index is 2.12. The first-order valence-electron chi connectivity index (χ1n) is 4.66. The lowest BCUT2D eigenvalue weighted by Gasteiger charge is -2.30. The average molecular weight is 173 g/mol. The number of rotatable bonds is 3. The van der Waals surface area contributed by atoms with Gasteiger partial charge in [-0.3, -0.25) is 0 Å². The molecule has 1 aliphatic heterocycles. The molecule has 0 radical (unpaired) electrons. The van der Waals surface area contributed by atoms with Crippen LogP contribution in [-0.4, -0.2) is 30.3 Å². The SMILES string of the molecule is CC1CCCN(CCCS)C1. The Kier molecular flexibility index (Phi) is 4.31. The molecule has 66 valence electrons. The molecule has 0 aromatic heterocycles. The van der Waals surface area contributed by atoms with Gasteiger partial charge in [-0.2, -0.15) is 12.6 Å². The number of likely N-dealkylation sites (tertiary alicyclic amines) is 1. The van der Waals surface area contributed by atoms with Crippen molar-refractivity contribution >= 4 is 12.6 Å². The van der Waals surface area contributed by atoms with Crippen LogP contribution in [-0.2, 0) is 0 Å². The molecule has 1 rings (SSSR count). The van der Waals surface area contributed by atoms with Gasteiger partial charge >= 0.3 is 0 Å². The predicted octanol–water partition coefficient (Wildman–Crippen LogP) is 2.04. The van der Waals surface area contributed by atoms with E-state index in [-0.39, 0.29) is 0 Å². The standard InChI is InChI=1S/C9H19NS/c1-9-4-2-5-10(8-9)6-3-7-11/h9,11H,2-8H2,1H3. The van der Waals surface area contributed by atoms with Gasteiger partial charge in [-0.1, -0.05) is 6.92 Å². The molecule has 0 saturated carbocycles. The van der Waals surface area contributed by atoms with E-state index in [1.54, 1.807) is 0 Å². The Morgan fingerprint density at radius 3 is 3.00 bits per heavy atom.